The van der Waals surface area contributed by atoms with Crippen molar-refractivity contribution in [1.82, 2.24) is 9.88 Å². The second kappa shape index (κ2) is 8.46. The lowest BCUT2D eigenvalue weighted by Crippen LogP contribution is -2.48. The summed E-state index contributed by atoms with van der Waals surface area (Å²) in [5, 5.41) is 0.928. The summed E-state index contributed by atoms with van der Waals surface area (Å²) in [7, 11) is 0. The lowest BCUT2D eigenvalue weighted by atomic mass is 9.96. The van der Waals surface area contributed by atoms with Gasteiger partial charge in [0, 0.05) is 42.9 Å². The van der Waals surface area contributed by atoms with Crippen molar-refractivity contribution in [2.24, 2.45) is 0 Å². The van der Waals surface area contributed by atoms with Crippen LogP contribution in [0.1, 0.15) is 46.6 Å². The average Bonchev–Trinajstić information content (AvgIpc) is 3.09. The molecule has 5 nitrogen and oxygen atoms in total. The fraction of sp³-hybridized carbons (Fsp3) is 0.417. The first-order chi connectivity index (χ1) is 15.1. The zero-order chi connectivity index (χ0) is 21.4. The third-order valence-electron chi connectivity index (χ3n) is 6.45. The lowest BCUT2D eigenvalue weighted by molar-refractivity contribution is 0.0752. The van der Waals surface area contributed by atoms with Crippen LogP contribution in [0.25, 0.3) is 10.2 Å². The number of hydrogen-bond donors (Lipinski definition) is 1. The highest BCUT2D eigenvalue weighted by atomic mass is 32.1. The van der Waals surface area contributed by atoms with Gasteiger partial charge < -0.3 is 15.5 Å². The summed E-state index contributed by atoms with van der Waals surface area (Å²) < 4.78 is 13.2. The number of pyridine rings is 1. The molecule has 0 atom stereocenters. The van der Waals surface area contributed by atoms with Gasteiger partial charge in [-0.15, -0.1) is 11.3 Å². The number of piperazine rings is 1. The van der Waals surface area contributed by atoms with E-state index < -0.39 is 0 Å². The molecule has 162 valence electrons. The first kappa shape index (κ1) is 20.2. The van der Waals surface area contributed by atoms with Crippen molar-refractivity contribution >= 4 is 38.8 Å². The number of aromatic nitrogens is 1. The van der Waals surface area contributed by atoms with Gasteiger partial charge in [-0.25, -0.2) is 9.37 Å². The molecule has 5 rings (SSSR count). The maximum absolute atomic E-state index is 13.3. The molecule has 2 aliphatic rings. The molecule has 1 saturated heterocycles. The Morgan fingerprint density at radius 3 is 2.45 bits per heavy atom. The second-order valence-electron chi connectivity index (χ2n) is 8.46. The van der Waals surface area contributed by atoms with Crippen molar-refractivity contribution < 1.29 is 9.18 Å². The Morgan fingerprint density at radius 2 is 1.71 bits per heavy atom. The van der Waals surface area contributed by atoms with Crippen LogP contribution < -0.4 is 10.6 Å². The molecule has 31 heavy (non-hydrogen) atoms. The van der Waals surface area contributed by atoms with E-state index in [9.17, 15) is 9.18 Å². The Kier molecular flexibility index (Phi) is 5.52. The van der Waals surface area contributed by atoms with E-state index in [1.54, 1.807) is 12.1 Å². The summed E-state index contributed by atoms with van der Waals surface area (Å²) in [6.07, 6.45) is 6.95. The molecule has 3 aromatic rings. The number of carbonyl (C=O) groups is 1. The minimum absolute atomic E-state index is 0.00771. The monoisotopic (exact) mass is 438 g/mol. The lowest BCUT2D eigenvalue weighted by Gasteiger charge is -2.36. The number of carbonyl (C=O) groups excluding carboxylic acids is 1. The molecule has 1 aromatic carbocycles. The molecule has 2 N–H and O–H groups in total. The molecule has 1 fully saturated rings. The van der Waals surface area contributed by atoms with Crippen molar-refractivity contribution in [1.29, 1.82) is 0 Å². The van der Waals surface area contributed by atoms with Crippen molar-refractivity contribution in [3.63, 3.8) is 0 Å². The standard InChI is InChI=1S/C24H27FN4OS/c25-17-7-9-18(10-8-17)28-11-13-29(14-12-28)24(30)22-21(26)19-15-16-5-3-1-2-4-6-20(16)27-23(19)31-22/h7-10,15H,1-6,11-14,26H2. The zero-order valence-electron chi connectivity index (χ0n) is 17.6. The number of thiophene rings is 1. The van der Waals surface area contributed by atoms with Crippen LogP contribution in [0.4, 0.5) is 15.8 Å². The van der Waals surface area contributed by atoms with Gasteiger partial charge in [-0.1, -0.05) is 12.8 Å². The Bertz CT molecular complexity index is 1100. The molecule has 7 heteroatoms. The van der Waals surface area contributed by atoms with E-state index >= 15 is 0 Å². The van der Waals surface area contributed by atoms with E-state index in [1.165, 1.54) is 60.4 Å². The number of hydrogen-bond acceptors (Lipinski definition) is 5. The van der Waals surface area contributed by atoms with Crippen LogP contribution in [0.5, 0.6) is 0 Å². The van der Waals surface area contributed by atoms with Gasteiger partial charge in [0.05, 0.1) is 5.69 Å². The second-order valence-corrected chi connectivity index (χ2v) is 9.46. The SMILES string of the molecule is Nc1c(C(=O)N2CCN(c3ccc(F)cc3)CC2)sc2nc3c(cc12)CCCCCC3. The number of rotatable bonds is 2. The summed E-state index contributed by atoms with van der Waals surface area (Å²) in [6.45, 7) is 2.67. The van der Waals surface area contributed by atoms with Gasteiger partial charge in [-0.3, -0.25) is 4.79 Å². The Labute approximate surface area is 185 Å². The average molecular weight is 439 g/mol. The van der Waals surface area contributed by atoms with Crippen LogP contribution in [0.3, 0.4) is 0 Å². The predicted molar refractivity (Wildman–Crippen MR) is 124 cm³/mol. The first-order valence-corrected chi connectivity index (χ1v) is 11.9. The van der Waals surface area contributed by atoms with Gasteiger partial charge >= 0.3 is 0 Å². The van der Waals surface area contributed by atoms with E-state index in [0.29, 0.717) is 36.7 Å². The number of nitrogen functional groups attached to an aromatic ring is 1. The number of anilines is 2. The van der Waals surface area contributed by atoms with Gasteiger partial charge in [-0.2, -0.15) is 0 Å². The van der Waals surface area contributed by atoms with Crippen LogP contribution in [0.2, 0.25) is 0 Å². The maximum Gasteiger partial charge on any atom is 0.266 e. The third-order valence-corrected chi connectivity index (χ3v) is 7.56. The summed E-state index contributed by atoms with van der Waals surface area (Å²) in [5.74, 6) is -0.244. The number of nitrogens with zero attached hydrogens (tertiary/aromatic N) is 3. The molecule has 0 radical (unpaired) electrons. The topological polar surface area (TPSA) is 62.5 Å². The van der Waals surface area contributed by atoms with Gasteiger partial charge in [0.25, 0.3) is 5.91 Å². The molecule has 1 amide bonds. The van der Waals surface area contributed by atoms with E-state index in [2.05, 4.69) is 11.0 Å². The molecule has 0 saturated carbocycles. The summed E-state index contributed by atoms with van der Waals surface area (Å²) >= 11 is 1.43. The third kappa shape index (κ3) is 3.99. The molecule has 2 aromatic heterocycles. The predicted octanol–water partition coefficient (Wildman–Crippen LogP) is 4.64. The van der Waals surface area contributed by atoms with Crippen LogP contribution in [0.15, 0.2) is 30.3 Å². The van der Waals surface area contributed by atoms with Crippen molar-refractivity contribution in [2.45, 2.75) is 38.5 Å². The highest BCUT2D eigenvalue weighted by Crippen LogP contribution is 2.36. The normalized spacial score (nSPS) is 17.3. The highest BCUT2D eigenvalue weighted by molar-refractivity contribution is 7.21. The number of aryl methyl sites for hydroxylation is 2. The van der Waals surface area contributed by atoms with Gasteiger partial charge in [0.2, 0.25) is 0 Å². The quantitative estimate of drug-likeness (QED) is 0.633. The van der Waals surface area contributed by atoms with E-state index in [4.69, 9.17) is 10.7 Å². The first-order valence-electron chi connectivity index (χ1n) is 11.1. The number of halogens is 1. The molecular formula is C24H27FN4OS. The fourth-order valence-electron chi connectivity index (χ4n) is 4.64. The van der Waals surface area contributed by atoms with Gasteiger partial charge in [0.1, 0.15) is 15.5 Å². The number of benzene rings is 1. The van der Waals surface area contributed by atoms with E-state index in [-0.39, 0.29) is 11.7 Å². The van der Waals surface area contributed by atoms with Crippen LogP contribution in [-0.4, -0.2) is 42.0 Å². The fourth-order valence-corrected chi connectivity index (χ4v) is 5.70. The summed E-state index contributed by atoms with van der Waals surface area (Å²) in [4.78, 5) is 23.7. The number of fused-ring (bicyclic) bond motifs is 2. The molecular weight excluding hydrogens is 411 g/mol. The molecule has 1 aliphatic carbocycles. The van der Waals surface area contributed by atoms with Crippen molar-refractivity contribution in [3.8, 4) is 0 Å². The van der Waals surface area contributed by atoms with Crippen LogP contribution in [0, 0.1) is 5.82 Å². The number of amides is 1. The Hall–Kier alpha value is -2.67. The molecule has 0 spiro atoms. The molecule has 0 unspecified atom stereocenters. The molecule has 0 bridgehead atoms. The van der Waals surface area contributed by atoms with Crippen molar-refractivity contribution in [3.05, 3.63) is 52.3 Å². The summed E-state index contributed by atoms with van der Waals surface area (Å²) in [6, 6.07) is 8.70. The van der Waals surface area contributed by atoms with E-state index in [0.717, 1.165) is 28.7 Å². The summed E-state index contributed by atoms with van der Waals surface area (Å²) in [5.41, 5.74) is 10.5. The largest absolute Gasteiger partial charge is 0.397 e. The van der Waals surface area contributed by atoms with Gasteiger partial charge in [-0.05, 0) is 61.6 Å². The molecule has 1 aliphatic heterocycles. The van der Waals surface area contributed by atoms with Crippen molar-refractivity contribution in [2.75, 3.05) is 36.8 Å². The minimum atomic E-state index is -0.237. The molecule has 3 heterocycles. The van der Waals surface area contributed by atoms with E-state index in [1.807, 2.05) is 4.90 Å². The Morgan fingerprint density at radius 1 is 1.00 bits per heavy atom. The Balaban J connectivity index is 1.35. The highest BCUT2D eigenvalue weighted by Gasteiger charge is 2.27. The van der Waals surface area contributed by atoms with Crippen LogP contribution in [-0.2, 0) is 12.8 Å². The zero-order valence-corrected chi connectivity index (χ0v) is 18.4. The van der Waals surface area contributed by atoms with Crippen LogP contribution >= 0.6 is 11.3 Å². The number of nitrogens with two attached hydrogens (primary N) is 1. The maximum atomic E-state index is 13.3. The minimum Gasteiger partial charge on any atom is -0.397 e. The smallest absolute Gasteiger partial charge is 0.266 e. The van der Waals surface area contributed by atoms with Gasteiger partial charge in [0.15, 0.2) is 0 Å².